The molecule has 2 atom stereocenters. The Labute approximate surface area is 144 Å². The van der Waals surface area contributed by atoms with Gasteiger partial charge in [-0.25, -0.2) is 9.59 Å². The summed E-state index contributed by atoms with van der Waals surface area (Å²) in [5.41, 5.74) is -0.739. The smallest absolute Gasteiger partial charge is 0.428 e. The van der Waals surface area contributed by atoms with E-state index in [9.17, 15) is 9.59 Å². The van der Waals surface area contributed by atoms with Crippen LogP contribution in [0.25, 0.3) is 0 Å². The Balaban J connectivity index is 4.36. The predicted molar refractivity (Wildman–Crippen MR) is 87.7 cm³/mol. The molecular formula is C17H30O7. The van der Waals surface area contributed by atoms with Crippen LogP contribution in [-0.2, 0) is 28.8 Å². The Morgan fingerprint density at radius 2 is 1.62 bits per heavy atom. The standard InChI is InChI=1S/C17H30O7/c1-10-16(6,7)17(8,9)22-15(19)21-12(4)20-13(5)23-24-14(18)11(2)3/h12-13H,2,10H2,1,3-9H3. The molecule has 0 aliphatic carbocycles. The lowest BCUT2D eigenvalue weighted by Gasteiger charge is -2.39. The third-order valence-corrected chi connectivity index (χ3v) is 4.11. The van der Waals surface area contributed by atoms with Gasteiger partial charge in [0.05, 0.1) is 0 Å². The van der Waals surface area contributed by atoms with E-state index in [4.69, 9.17) is 19.1 Å². The van der Waals surface area contributed by atoms with E-state index in [1.165, 1.54) is 20.8 Å². The maximum atomic E-state index is 11.9. The first-order valence-corrected chi connectivity index (χ1v) is 7.90. The van der Waals surface area contributed by atoms with Gasteiger partial charge >= 0.3 is 12.1 Å². The number of hydrogen-bond acceptors (Lipinski definition) is 7. The molecule has 0 saturated carbocycles. The fraction of sp³-hybridized carbons (Fsp3) is 0.765. The zero-order chi connectivity index (χ0) is 19.1. The van der Waals surface area contributed by atoms with Crippen LogP contribution in [-0.4, -0.2) is 30.3 Å². The van der Waals surface area contributed by atoms with Gasteiger partial charge in [0.25, 0.3) is 0 Å². The van der Waals surface area contributed by atoms with E-state index in [-0.39, 0.29) is 11.0 Å². The van der Waals surface area contributed by atoms with Crippen molar-refractivity contribution in [2.45, 2.75) is 80.0 Å². The van der Waals surface area contributed by atoms with Gasteiger partial charge in [0.1, 0.15) is 5.60 Å². The van der Waals surface area contributed by atoms with Gasteiger partial charge in [-0.3, -0.25) is 4.89 Å². The van der Waals surface area contributed by atoms with E-state index in [0.29, 0.717) is 0 Å². The van der Waals surface area contributed by atoms with Crippen molar-refractivity contribution >= 4 is 12.1 Å². The van der Waals surface area contributed by atoms with Crippen molar-refractivity contribution in [1.29, 1.82) is 0 Å². The minimum absolute atomic E-state index is 0.191. The van der Waals surface area contributed by atoms with E-state index in [2.05, 4.69) is 11.5 Å². The van der Waals surface area contributed by atoms with Crippen molar-refractivity contribution in [3.05, 3.63) is 12.2 Å². The van der Waals surface area contributed by atoms with E-state index in [0.717, 1.165) is 6.42 Å². The highest BCUT2D eigenvalue weighted by atomic mass is 17.2. The summed E-state index contributed by atoms with van der Waals surface area (Å²) >= 11 is 0. The quantitative estimate of drug-likeness (QED) is 0.204. The molecule has 0 rings (SSSR count). The summed E-state index contributed by atoms with van der Waals surface area (Å²) in [5, 5.41) is 0. The second-order valence-corrected chi connectivity index (χ2v) is 6.74. The highest BCUT2D eigenvalue weighted by Crippen LogP contribution is 2.37. The topological polar surface area (TPSA) is 80.3 Å². The molecule has 2 unspecified atom stereocenters. The first-order valence-electron chi connectivity index (χ1n) is 7.90. The zero-order valence-electron chi connectivity index (χ0n) is 15.9. The molecule has 0 bridgehead atoms. The molecule has 7 nitrogen and oxygen atoms in total. The zero-order valence-corrected chi connectivity index (χ0v) is 15.9. The van der Waals surface area contributed by atoms with Crippen LogP contribution in [0, 0.1) is 5.41 Å². The average molecular weight is 346 g/mol. The summed E-state index contributed by atoms with van der Waals surface area (Å²) in [4.78, 5) is 32.3. The number of ether oxygens (including phenoxy) is 3. The molecule has 140 valence electrons. The van der Waals surface area contributed by atoms with Gasteiger partial charge in [-0.15, -0.1) is 0 Å². The van der Waals surface area contributed by atoms with Crippen molar-refractivity contribution in [1.82, 2.24) is 0 Å². The van der Waals surface area contributed by atoms with E-state index >= 15 is 0 Å². The Morgan fingerprint density at radius 1 is 1.08 bits per heavy atom. The normalized spacial score (nSPS) is 14.5. The highest BCUT2D eigenvalue weighted by molar-refractivity contribution is 5.86. The molecule has 0 spiro atoms. The average Bonchev–Trinajstić information content (AvgIpc) is 2.43. The first-order chi connectivity index (χ1) is 10.8. The second kappa shape index (κ2) is 9.03. The lowest BCUT2D eigenvalue weighted by Crippen LogP contribution is -2.43. The SMILES string of the molecule is C=C(C)C(=O)OOC(C)OC(C)OC(=O)OC(C)(C)C(C)(C)CC. The Kier molecular flexibility index (Phi) is 8.43. The monoisotopic (exact) mass is 346 g/mol. The summed E-state index contributed by atoms with van der Waals surface area (Å²) in [6, 6.07) is 0. The summed E-state index contributed by atoms with van der Waals surface area (Å²) in [6.07, 6.45) is -1.90. The second-order valence-electron chi connectivity index (χ2n) is 6.74. The molecule has 0 aromatic heterocycles. The third kappa shape index (κ3) is 7.31. The summed E-state index contributed by atoms with van der Waals surface area (Å²) in [7, 11) is 0. The number of carbonyl (C=O) groups excluding carboxylic acids is 2. The van der Waals surface area contributed by atoms with Gasteiger partial charge in [-0.2, -0.15) is 4.89 Å². The molecule has 0 aromatic carbocycles. The molecular weight excluding hydrogens is 316 g/mol. The molecule has 7 heteroatoms. The van der Waals surface area contributed by atoms with E-state index < -0.39 is 30.3 Å². The van der Waals surface area contributed by atoms with Crippen molar-refractivity contribution in [3.63, 3.8) is 0 Å². The van der Waals surface area contributed by atoms with Crippen molar-refractivity contribution in [2.24, 2.45) is 5.41 Å². The van der Waals surface area contributed by atoms with Gasteiger partial charge in [0.2, 0.25) is 12.6 Å². The highest BCUT2D eigenvalue weighted by Gasteiger charge is 2.39. The van der Waals surface area contributed by atoms with Crippen LogP contribution in [0.15, 0.2) is 12.2 Å². The lowest BCUT2D eigenvalue weighted by molar-refractivity contribution is -0.364. The van der Waals surface area contributed by atoms with Gasteiger partial charge in [0, 0.05) is 11.0 Å². The maximum absolute atomic E-state index is 11.9. The number of carbonyl (C=O) groups is 2. The van der Waals surface area contributed by atoms with Crippen molar-refractivity contribution < 1.29 is 33.6 Å². The van der Waals surface area contributed by atoms with Crippen molar-refractivity contribution in [3.8, 4) is 0 Å². The van der Waals surface area contributed by atoms with Gasteiger partial charge in [0.15, 0.2) is 0 Å². The van der Waals surface area contributed by atoms with Gasteiger partial charge in [-0.1, -0.05) is 27.4 Å². The maximum Gasteiger partial charge on any atom is 0.511 e. The van der Waals surface area contributed by atoms with E-state index in [1.54, 1.807) is 0 Å². The molecule has 0 heterocycles. The molecule has 0 amide bonds. The number of rotatable bonds is 9. The van der Waals surface area contributed by atoms with Crippen LogP contribution in [0.3, 0.4) is 0 Å². The molecule has 24 heavy (non-hydrogen) atoms. The molecule has 0 aliphatic rings. The van der Waals surface area contributed by atoms with Crippen LogP contribution in [0.2, 0.25) is 0 Å². The fourth-order valence-corrected chi connectivity index (χ4v) is 1.43. The Morgan fingerprint density at radius 3 is 2.08 bits per heavy atom. The lowest BCUT2D eigenvalue weighted by atomic mass is 9.75. The van der Waals surface area contributed by atoms with Gasteiger partial charge < -0.3 is 14.2 Å². The molecule has 0 aromatic rings. The largest absolute Gasteiger partial charge is 0.511 e. The van der Waals surface area contributed by atoms with Crippen LogP contribution >= 0.6 is 0 Å². The minimum atomic E-state index is -0.948. The van der Waals surface area contributed by atoms with Crippen LogP contribution in [0.5, 0.6) is 0 Å². The predicted octanol–water partition coefficient (Wildman–Crippen LogP) is 4.11. The molecule has 0 N–H and O–H groups in total. The fourth-order valence-electron chi connectivity index (χ4n) is 1.43. The molecule has 0 radical (unpaired) electrons. The number of hydrogen-bond donors (Lipinski definition) is 0. The van der Waals surface area contributed by atoms with E-state index in [1.807, 2.05) is 34.6 Å². The minimum Gasteiger partial charge on any atom is -0.428 e. The third-order valence-electron chi connectivity index (χ3n) is 4.11. The molecule has 0 aliphatic heterocycles. The molecule has 0 fully saturated rings. The first kappa shape index (κ1) is 22.4. The van der Waals surface area contributed by atoms with Crippen molar-refractivity contribution in [2.75, 3.05) is 0 Å². The molecule has 0 saturated heterocycles. The Hall–Kier alpha value is -1.60. The van der Waals surface area contributed by atoms with Crippen LogP contribution in [0.1, 0.15) is 61.8 Å². The summed E-state index contributed by atoms with van der Waals surface area (Å²) in [6.45, 7) is 17.6. The summed E-state index contributed by atoms with van der Waals surface area (Å²) in [5.74, 6) is -0.707. The van der Waals surface area contributed by atoms with Crippen LogP contribution in [0.4, 0.5) is 4.79 Å². The van der Waals surface area contributed by atoms with Crippen LogP contribution < -0.4 is 0 Å². The summed E-state index contributed by atoms with van der Waals surface area (Å²) < 4.78 is 15.7. The Bertz CT molecular complexity index is 454. The van der Waals surface area contributed by atoms with Gasteiger partial charge in [-0.05, 0) is 41.0 Å².